The van der Waals surface area contributed by atoms with Crippen molar-refractivity contribution in [2.24, 2.45) is 0 Å². The van der Waals surface area contributed by atoms with Crippen LogP contribution in [0.2, 0.25) is 0 Å². The van der Waals surface area contributed by atoms with Crippen molar-refractivity contribution in [1.29, 1.82) is 0 Å². The van der Waals surface area contributed by atoms with E-state index >= 15 is 0 Å². The average molecular weight is 295 g/mol. The summed E-state index contributed by atoms with van der Waals surface area (Å²) in [6.07, 6.45) is 3.28. The van der Waals surface area contributed by atoms with E-state index in [-0.39, 0.29) is 0 Å². The Kier molecular flexibility index (Phi) is 2.12. The lowest BCUT2D eigenvalue weighted by Gasteiger charge is -2.10. The first-order chi connectivity index (χ1) is 8.84. The van der Waals surface area contributed by atoms with Crippen molar-refractivity contribution >= 4 is 43.6 Å². The van der Waals surface area contributed by atoms with E-state index in [2.05, 4.69) is 70.5 Å². The minimum absolute atomic E-state index is 1.01. The summed E-state index contributed by atoms with van der Waals surface area (Å²) in [6, 6.07) is 17.4. The van der Waals surface area contributed by atoms with Crippen LogP contribution in [0, 0.1) is 0 Å². The summed E-state index contributed by atoms with van der Waals surface area (Å²) in [6.45, 7) is 0. The van der Waals surface area contributed by atoms with Gasteiger partial charge in [0.1, 0.15) is 0 Å². The summed E-state index contributed by atoms with van der Waals surface area (Å²) in [5.41, 5.74) is 2.84. The lowest BCUT2D eigenvalue weighted by molar-refractivity contribution is 1.34. The number of hydrogen-bond acceptors (Lipinski definition) is 0. The molecule has 0 fully saturated rings. The molecule has 0 N–H and O–H groups in total. The minimum Gasteiger partial charge on any atom is -0.0616 e. The maximum Gasteiger partial charge on any atom is 0.00532 e. The molecule has 4 rings (SSSR count). The zero-order chi connectivity index (χ0) is 12.1. The molecule has 3 aromatic carbocycles. The first kappa shape index (κ1) is 10.3. The fraction of sp³-hybridized carbons (Fsp3) is 0.0588. The van der Waals surface area contributed by atoms with Gasteiger partial charge in [-0.25, -0.2) is 0 Å². The molecule has 0 bridgehead atoms. The normalized spacial score (nSPS) is 13.9. The molecule has 18 heavy (non-hydrogen) atoms. The topological polar surface area (TPSA) is 0 Å². The predicted molar refractivity (Wildman–Crippen MR) is 82.1 cm³/mol. The third kappa shape index (κ3) is 1.31. The molecule has 0 atom stereocenters. The van der Waals surface area contributed by atoms with Crippen LogP contribution in [0.3, 0.4) is 0 Å². The quantitative estimate of drug-likeness (QED) is 0.495. The molecule has 0 saturated heterocycles. The molecule has 0 saturated carbocycles. The summed E-state index contributed by atoms with van der Waals surface area (Å²) in [5.74, 6) is 0. The van der Waals surface area contributed by atoms with Gasteiger partial charge >= 0.3 is 0 Å². The lowest BCUT2D eigenvalue weighted by Crippen LogP contribution is -1.88. The number of benzene rings is 3. The SMILES string of the molecule is BrC1=Cc2c(c3ccccc3c3ccccc23)C1. The highest BCUT2D eigenvalue weighted by molar-refractivity contribution is 9.11. The molecule has 0 spiro atoms. The van der Waals surface area contributed by atoms with Crippen LogP contribution in [0.15, 0.2) is 53.0 Å². The van der Waals surface area contributed by atoms with Crippen molar-refractivity contribution in [3.63, 3.8) is 0 Å². The van der Waals surface area contributed by atoms with Crippen LogP contribution in [-0.4, -0.2) is 0 Å². The van der Waals surface area contributed by atoms with Gasteiger partial charge in [-0.1, -0.05) is 64.5 Å². The molecule has 0 aliphatic heterocycles. The van der Waals surface area contributed by atoms with Gasteiger partial charge in [-0.15, -0.1) is 0 Å². The van der Waals surface area contributed by atoms with Crippen molar-refractivity contribution in [3.8, 4) is 0 Å². The summed E-state index contributed by atoms with van der Waals surface area (Å²) >= 11 is 3.65. The Bertz CT molecular complexity index is 812. The first-order valence-electron chi connectivity index (χ1n) is 6.13. The fourth-order valence-electron chi connectivity index (χ4n) is 2.97. The fourth-order valence-corrected chi connectivity index (χ4v) is 3.48. The summed E-state index contributed by atoms with van der Waals surface area (Å²) in [4.78, 5) is 0. The van der Waals surface area contributed by atoms with Crippen LogP contribution in [0.25, 0.3) is 27.6 Å². The third-order valence-corrected chi connectivity index (χ3v) is 4.24. The van der Waals surface area contributed by atoms with Crippen molar-refractivity contribution in [1.82, 2.24) is 0 Å². The Labute approximate surface area is 114 Å². The molecular weight excluding hydrogens is 284 g/mol. The molecule has 1 aliphatic carbocycles. The summed E-state index contributed by atoms with van der Waals surface area (Å²) in [5, 5.41) is 5.46. The Balaban J connectivity index is 2.32. The van der Waals surface area contributed by atoms with Gasteiger partial charge < -0.3 is 0 Å². The maximum absolute atomic E-state index is 3.65. The molecule has 86 valence electrons. The molecule has 3 aromatic rings. The maximum atomic E-state index is 3.65. The highest BCUT2D eigenvalue weighted by atomic mass is 79.9. The van der Waals surface area contributed by atoms with E-state index in [0.717, 1.165) is 6.42 Å². The van der Waals surface area contributed by atoms with Gasteiger partial charge in [0.25, 0.3) is 0 Å². The van der Waals surface area contributed by atoms with E-state index in [1.54, 1.807) is 0 Å². The number of halogens is 1. The average Bonchev–Trinajstić information content (AvgIpc) is 2.81. The van der Waals surface area contributed by atoms with Gasteiger partial charge in [-0.2, -0.15) is 0 Å². The standard InChI is InChI=1S/C17H11Br/c18-11-9-16-14-7-3-1-5-12(14)13-6-2-4-8-15(13)17(16)10-11/h1-9H,10H2. The minimum atomic E-state index is 1.01. The highest BCUT2D eigenvalue weighted by Crippen LogP contribution is 2.40. The van der Waals surface area contributed by atoms with Crippen LogP contribution in [0.4, 0.5) is 0 Å². The third-order valence-electron chi connectivity index (χ3n) is 3.73. The van der Waals surface area contributed by atoms with Gasteiger partial charge in [-0.05, 0) is 38.7 Å². The molecule has 0 radical (unpaired) electrons. The van der Waals surface area contributed by atoms with E-state index < -0.39 is 0 Å². The lowest BCUT2D eigenvalue weighted by atomic mass is 9.93. The van der Waals surface area contributed by atoms with Crippen molar-refractivity contribution in [2.75, 3.05) is 0 Å². The van der Waals surface area contributed by atoms with Crippen molar-refractivity contribution in [3.05, 3.63) is 64.1 Å². The largest absolute Gasteiger partial charge is 0.0616 e. The van der Waals surface area contributed by atoms with Crippen LogP contribution < -0.4 is 0 Å². The highest BCUT2D eigenvalue weighted by Gasteiger charge is 2.17. The van der Waals surface area contributed by atoms with Crippen molar-refractivity contribution in [2.45, 2.75) is 6.42 Å². The van der Waals surface area contributed by atoms with E-state index in [0.29, 0.717) is 0 Å². The first-order valence-corrected chi connectivity index (χ1v) is 6.92. The van der Waals surface area contributed by atoms with E-state index in [9.17, 15) is 0 Å². The molecule has 0 amide bonds. The van der Waals surface area contributed by atoms with Gasteiger partial charge in [0.2, 0.25) is 0 Å². The zero-order valence-corrected chi connectivity index (χ0v) is 11.4. The second-order valence-corrected chi connectivity index (χ2v) is 5.77. The van der Waals surface area contributed by atoms with Gasteiger partial charge in [0.15, 0.2) is 0 Å². The van der Waals surface area contributed by atoms with E-state index in [1.165, 1.54) is 37.2 Å². The number of fused-ring (bicyclic) bond motifs is 6. The van der Waals surface area contributed by atoms with Crippen LogP contribution in [0.5, 0.6) is 0 Å². The second-order valence-electron chi connectivity index (χ2n) is 4.75. The summed E-state index contributed by atoms with van der Waals surface area (Å²) in [7, 11) is 0. The Morgan fingerprint density at radius 3 is 2.00 bits per heavy atom. The summed E-state index contributed by atoms with van der Waals surface area (Å²) < 4.78 is 1.28. The number of allylic oxidation sites excluding steroid dienone is 1. The second kappa shape index (κ2) is 3.69. The monoisotopic (exact) mass is 294 g/mol. The van der Waals surface area contributed by atoms with Crippen LogP contribution in [0.1, 0.15) is 11.1 Å². The number of rotatable bonds is 0. The Hall–Kier alpha value is -1.60. The molecule has 1 heteroatoms. The Morgan fingerprint density at radius 1 is 0.722 bits per heavy atom. The van der Waals surface area contributed by atoms with E-state index in [4.69, 9.17) is 0 Å². The molecule has 0 nitrogen and oxygen atoms in total. The van der Waals surface area contributed by atoms with Crippen molar-refractivity contribution < 1.29 is 0 Å². The van der Waals surface area contributed by atoms with Crippen LogP contribution in [-0.2, 0) is 6.42 Å². The molecule has 0 unspecified atom stereocenters. The molecule has 0 aromatic heterocycles. The predicted octanol–water partition coefficient (Wildman–Crippen LogP) is 5.28. The molecular formula is C17H11Br. The van der Waals surface area contributed by atoms with Gasteiger partial charge in [0.05, 0.1) is 0 Å². The smallest absolute Gasteiger partial charge is 0.00532 e. The van der Waals surface area contributed by atoms with E-state index in [1.807, 2.05) is 0 Å². The van der Waals surface area contributed by atoms with Crippen LogP contribution >= 0.6 is 15.9 Å². The Morgan fingerprint density at radius 2 is 1.28 bits per heavy atom. The van der Waals surface area contributed by atoms with Gasteiger partial charge in [0, 0.05) is 10.9 Å². The molecule has 1 aliphatic rings. The van der Waals surface area contributed by atoms with Gasteiger partial charge in [-0.3, -0.25) is 0 Å². The molecule has 0 heterocycles. The zero-order valence-electron chi connectivity index (χ0n) is 9.78. The number of hydrogen-bond donors (Lipinski definition) is 0.